The van der Waals surface area contributed by atoms with Gasteiger partial charge in [0.15, 0.2) is 0 Å². The van der Waals surface area contributed by atoms with Crippen LogP contribution in [0.15, 0.2) is 48.5 Å². The smallest absolute Gasteiger partial charge is 0.128 e. The minimum absolute atomic E-state index is 0.0503. The molecule has 0 amide bonds. The molecule has 1 N–H and O–H groups in total. The van der Waals surface area contributed by atoms with Gasteiger partial charge < -0.3 is 5.32 Å². The van der Waals surface area contributed by atoms with Gasteiger partial charge in [-0.15, -0.1) is 0 Å². The van der Waals surface area contributed by atoms with Crippen molar-refractivity contribution in [2.45, 2.75) is 39.2 Å². The lowest BCUT2D eigenvalue weighted by molar-refractivity contribution is 0.600. The van der Waals surface area contributed by atoms with E-state index in [-0.39, 0.29) is 11.9 Å². The third-order valence-electron chi connectivity index (χ3n) is 3.85. The van der Waals surface area contributed by atoms with Crippen LogP contribution in [0.3, 0.4) is 0 Å². The molecule has 2 aromatic carbocycles. The summed E-state index contributed by atoms with van der Waals surface area (Å²) in [5.41, 5.74) is 3.06. The monoisotopic (exact) mass is 271 g/mol. The van der Waals surface area contributed by atoms with Gasteiger partial charge in [0.25, 0.3) is 0 Å². The molecule has 2 unspecified atom stereocenters. The summed E-state index contributed by atoms with van der Waals surface area (Å²) >= 11 is 0. The first-order chi connectivity index (χ1) is 9.61. The highest BCUT2D eigenvalue weighted by Gasteiger charge is 2.10. The normalized spacial score (nSPS) is 13.8. The van der Waals surface area contributed by atoms with E-state index in [1.807, 2.05) is 19.1 Å². The Morgan fingerprint density at radius 1 is 1.00 bits per heavy atom. The van der Waals surface area contributed by atoms with Gasteiger partial charge in [0, 0.05) is 11.3 Å². The number of nitrogens with one attached hydrogen (secondary N) is 1. The van der Waals surface area contributed by atoms with E-state index in [0.29, 0.717) is 11.5 Å². The molecule has 1 nitrogen and oxygen atoms in total. The molecule has 0 saturated heterocycles. The van der Waals surface area contributed by atoms with Crippen LogP contribution in [0.1, 0.15) is 50.3 Å². The molecule has 0 radical (unpaired) electrons. The predicted molar refractivity (Wildman–Crippen MR) is 83.6 cm³/mol. The molecule has 0 aromatic heterocycles. The Labute approximate surface area is 120 Å². The molecule has 0 aliphatic rings. The number of anilines is 1. The Hall–Kier alpha value is -1.83. The lowest BCUT2D eigenvalue weighted by atomic mass is 9.98. The second kappa shape index (κ2) is 6.56. The lowest BCUT2D eigenvalue weighted by Gasteiger charge is -2.17. The average Bonchev–Trinajstić information content (AvgIpc) is 2.47. The van der Waals surface area contributed by atoms with Crippen LogP contribution in [0, 0.1) is 5.82 Å². The van der Waals surface area contributed by atoms with Crippen molar-refractivity contribution in [3.8, 4) is 0 Å². The fourth-order valence-electron chi connectivity index (χ4n) is 2.30. The van der Waals surface area contributed by atoms with Crippen LogP contribution in [0.5, 0.6) is 0 Å². The number of halogens is 1. The molecule has 0 bridgehead atoms. The van der Waals surface area contributed by atoms with Crippen LogP contribution in [0.4, 0.5) is 10.1 Å². The van der Waals surface area contributed by atoms with Crippen molar-refractivity contribution >= 4 is 5.69 Å². The lowest BCUT2D eigenvalue weighted by Crippen LogP contribution is -2.08. The molecule has 2 heteroatoms. The third kappa shape index (κ3) is 3.38. The van der Waals surface area contributed by atoms with Crippen molar-refractivity contribution in [3.05, 3.63) is 65.5 Å². The standard InChI is InChI=1S/C18H22FN/c1-4-13(2)15-9-11-16(12-10-15)20-14(3)17-7-5-6-8-18(17)19/h5-14,20H,4H2,1-3H3. The molecule has 0 aliphatic carbocycles. The molecule has 2 atom stereocenters. The maximum absolute atomic E-state index is 13.7. The molecule has 0 heterocycles. The van der Waals surface area contributed by atoms with Gasteiger partial charge in [-0.05, 0) is 43.0 Å². The molecule has 20 heavy (non-hydrogen) atoms. The quantitative estimate of drug-likeness (QED) is 0.755. The van der Waals surface area contributed by atoms with Crippen LogP contribution in [0.25, 0.3) is 0 Å². The highest BCUT2D eigenvalue weighted by atomic mass is 19.1. The highest BCUT2D eigenvalue weighted by Crippen LogP contribution is 2.24. The second-order valence-electron chi connectivity index (χ2n) is 5.32. The topological polar surface area (TPSA) is 12.0 Å². The van der Waals surface area contributed by atoms with Gasteiger partial charge >= 0.3 is 0 Å². The molecule has 0 aliphatic heterocycles. The van der Waals surface area contributed by atoms with Crippen molar-refractivity contribution in [3.63, 3.8) is 0 Å². The van der Waals surface area contributed by atoms with E-state index in [4.69, 9.17) is 0 Å². The Kier molecular flexibility index (Phi) is 4.78. The van der Waals surface area contributed by atoms with E-state index in [9.17, 15) is 4.39 Å². The number of hydrogen-bond acceptors (Lipinski definition) is 1. The van der Waals surface area contributed by atoms with Crippen molar-refractivity contribution in [2.75, 3.05) is 5.32 Å². The third-order valence-corrected chi connectivity index (χ3v) is 3.85. The highest BCUT2D eigenvalue weighted by molar-refractivity contribution is 5.47. The van der Waals surface area contributed by atoms with Gasteiger partial charge in [0.05, 0.1) is 6.04 Å². The average molecular weight is 271 g/mol. The zero-order chi connectivity index (χ0) is 14.5. The van der Waals surface area contributed by atoms with Gasteiger partial charge in [-0.1, -0.05) is 44.2 Å². The zero-order valence-corrected chi connectivity index (χ0v) is 12.4. The van der Waals surface area contributed by atoms with Crippen LogP contribution in [-0.2, 0) is 0 Å². The van der Waals surface area contributed by atoms with E-state index in [1.165, 1.54) is 11.6 Å². The van der Waals surface area contributed by atoms with Crippen molar-refractivity contribution in [2.24, 2.45) is 0 Å². The molecule has 0 spiro atoms. The molecule has 106 valence electrons. The number of hydrogen-bond donors (Lipinski definition) is 1. The van der Waals surface area contributed by atoms with Crippen molar-refractivity contribution in [1.82, 2.24) is 0 Å². The maximum Gasteiger partial charge on any atom is 0.128 e. The molecular weight excluding hydrogens is 249 g/mol. The van der Waals surface area contributed by atoms with E-state index in [0.717, 1.165) is 12.1 Å². The van der Waals surface area contributed by atoms with Gasteiger partial charge in [-0.2, -0.15) is 0 Å². The Bertz CT molecular complexity index is 548. The Morgan fingerprint density at radius 2 is 1.65 bits per heavy atom. The first-order valence-electron chi connectivity index (χ1n) is 7.22. The minimum atomic E-state index is -0.163. The summed E-state index contributed by atoms with van der Waals surface area (Å²) in [6.45, 7) is 6.39. The zero-order valence-electron chi connectivity index (χ0n) is 12.4. The largest absolute Gasteiger partial charge is 0.378 e. The minimum Gasteiger partial charge on any atom is -0.378 e. The summed E-state index contributed by atoms with van der Waals surface area (Å²) in [6, 6.07) is 15.3. The molecule has 2 aromatic rings. The Balaban J connectivity index is 2.08. The van der Waals surface area contributed by atoms with Crippen molar-refractivity contribution < 1.29 is 4.39 Å². The van der Waals surface area contributed by atoms with E-state index in [1.54, 1.807) is 6.07 Å². The number of benzene rings is 2. The van der Waals surface area contributed by atoms with E-state index in [2.05, 4.69) is 43.4 Å². The SMILES string of the molecule is CCC(C)c1ccc(NC(C)c2ccccc2F)cc1. The van der Waals surface area contributed by atoms with Crippen LogP contribution in [-0.4, -0.2) is 0 Å². The summed E-state index contributed by atoms with van der Waals surface area (Å²) in [4.78, 5) is 0. The van der Waals surface area contributed by atoms with Gasteiger partial charge in [-0.3, -0.25) is 0 Å². The molecule has 2 rings (SSSR count). The first kappa shape index (κ1) is 14.6. The first-order valence-corrected chi connectivity index (χ1v) is 7.22. The molecule has 0 saturated carbocycles. The predicted octanol–water partition coefficient (Wildman–Crippen LogP) is 5.51. The van der Waals surface area contributed by atoms with Gasteiger partial charge in [0.2, 0.25) is 0 Å². The summed E-state index contributed by atoms with van der Waals surface area (Å²) in [6.07, 6.45) is 1.14. The van der Waals surface area contributed by atoms with Crippen molar-refractivity contribution in [1.29, 1.82) is 0 Å². The molecule has 0 fully saturated rings. The van der Waals surface area contributed by atoms with Crippen LogP contribution >= 0.6 is 0 Å². The van der Waals surface area contributed by atoms with Gasteiger partial charge in [-0.25, -0.2) is 4.39 Å². The van der Waals surface area contributed by atoms with Gasteiger partial charge in [0.1, 0.15) is 5.82 Å². The summed E-state index contributed by atoms with van der Waals surface area (Å²) in [5.74, 6) is 0.414. The molecular formula is C18H22FN. The summed E-state index contributed by atoms with van der Waals surface area (Å²) in [7, 11) is 0. The van der Waals surface area contributed by atoms with E-state index < -0.39 is 0 Å². The summed E-state index contributed by atoms with van der Waals surface area (Å²) in [5, 5.41) is 3.34. The fraction of sp³-hybridized carbons (Fsp3) is 0.333. The fourth-order valence-corrected chi connectivity index (χ4v) is 2.30. The van der Waals surface area contributed by atoms with E-state index >= 15 is 0 Å². The van der Waals surface area contributed by atoms with Crippen LogP contribution < -0.4 is 5.32 Å². The number of rotatable bonds is 5. The van der Waals surface area contributed by atoms with Crippen LogP contribution in [0.2, 0.25) is 0 Å². The second-order valence-corrected chi connectivity index (χ2v) is 5.32. The maximum atomic E-state index is 13.7. The Morgan fingerprint density at radius 3 is 2.25 bits per heavy atom. The summed E-state index contributed by atoms with van der Waals surface area (Å²) < 4.78 is 13.7.